The zero-order valence-corrected chi connectivity index (χ0v) is 18.6. The quantitative estimate of drug-likeness (QED) is 0.333. The number of benzene rings is 2. The van der Waals surface area contributed by atoms with E-state index in [1.807, 2.05) is 42.5 Å². The predicted octanol–water partition coefficient (Wildman–Crippen LogP) is 4.57. The van der Waals surface area contributed by atoms with E-state index in [4.69, 9.17) is 19.9 Å². The summed E-state index contributed by atoms with van der Waals surface area (Å²) in [5.41, 5.74) is 7.82. The van der Waals surface area contributed by atoms with Gasteiger partial charge >= 0.3 is 0 Å². The molecule has 0 radical (unpaired) electrons. The molecule has 1 aliphatic rings. The van der Waals surface area contributed by atoms with Gasteiger partial charge in [0, 0.05) is 0 Å². The van der Waals surface area contributed by atoms with Crippen LogP contribution in [0.2, 0.25) is 0 Å². The molecule has 0 heterocycles. The molecule has 0 unspecified atom stereocenters. The Kier molecular flexibility index (Phi) is 8.69. The first-order chi connectivity index (χ1) is 13.2. The summed E-state index contributed by atoms with van der Waals surface area (Å²) < 4.78 is 16.9. The van der Waals surface area contributed by atoms with Crippen LogP contribution in [0.25, 0.3) is 0 Å². The second-order valence-corrected chi connectivity index (χ2v) is 6.54. The maximum atomic E-state index is 6.13. The number of nitrogens with zero attached hydrogens (tertiary/aromatic N) is 1. The molecule has 2 aromatic rings. The van der Waals surface area contributed by atoms with Gasteiger partial charge in [-0.05, 0) is 55.5 Å². The fraction of sp³-hybridized carbons (Fsp3) is 0.381. The average Bonchev–Trinajstić information content (AvgIpc) is 3.20. The molecule has 0 spiro atoms. The molecule has 7 heteroatoms. The molecular formula is C21H28IN3O3. The zero-order chi connectivity index (χ0) is 19.1. The van der Waals surface area contributed by atoms with Gasteiger partial charge in [0.2, 0.25) is 0 Å². The molecule has 1 saturated carbocycles. The van der Waals surface area contributed by atoms with E-state index in [0.29, 0.717) is 18.3 Å². The van der Waals surface area contributed by atoms with Crippen LogP contribution in [0.1, 0.15) is 31.2 Å². The van der Waals surface area contributed by atoms with Gasteiger partial charge in [0.1, 0.15) is 5.75 Å². The van der Waals surface area contributed by atoms with Crippen molar-refractivity contribution in [3.05, 3.63) is 48.0 Å². The first-order valence-corrected chi connectivity index (χ1v) is 9.23. The first-order valence-electron chi connectivity index (χ1n) is 9.23. The minimum Gasteiger partial charge on any atom is -0.495 e. The normalized spacial score (nSPS) is 14.3. The lowest BCUT2D eigenvalue weighted by molar-refractivity contribution is 0.200. The molecule has 1 fully saturated rings. The number of guanidine groups is 1. The van der Waals surface area contributed by atoms with Crippen LogP contribution in [-0.4, -0.2) is 26.3 Å². The predicted molar refractivity (Wildman–Crippen MR) is 123 cm³/mol. The van der Waals surface area contributed by atoms with E-state index in [1.165, 1.54) is 12.8 Å². The SMILES string of the molecule is COc1ccccc1NC(N)=NCc1ccc(OC)c(OC2CCCC2)c1.I. The van der Waals surface area contributed by atoms with Crippen LogP contribution in [0.3, 0.4) is 0 Å². The Bertz CT molecular complexity index is 792. The Morgan fingerprint density at radius 1 is 1.04 bits per heavy atom. The van der Waals surface area contributed by atoms with Crippen molar-refractivity contribution in [1.29, 1.82) is 0 Å². The Balaban J connectivity index is 0.00000280. The number of hydrogen-bond donors (Lipinski definition) is 2. The lowest BCUT2D eigenvalue weighted by atomic mass is 10.2. The van der Waals surface area contributed by atoms with Crippen molar-refractivity contribution < 1.29 is 14.2 Å². The van der Waals surface area contributed by atoms with Crippen LogP contribution in [0.5, 0.6) is 17.2 Å². The van der Waals surface area contributed by atoms with Gasteiger partial charge in [0.15, 0.2) is 17.5 Å². The molecule has 0 aliphatic heterocycles. The molecule has 3 rings (SSSR count). The van der Waals surface area contributed by atoms with Gasteiger partial charge in [-0.2, -0.15) is 0 Å². The molecule has 28 heavy (non-hydrogen) atoms. The number of hydrogen-bond acceptors (Lipinski definition) is 4. The third-order valence-corrected chi connectivity index (χ3v) is 4.63. The molecule has 0 saturated heterocycles. The highest BCUT2D eigenvalue weighted by atomic mass is 127. The molecule has 1 aliphatic carbocycles. The van der Waals surface area contributed by atoms with E-state index in [1.54, 1.807) is 14.2 Å². The van der Waals surface area contributed by atoms with Crippen LogP contribution < -0.4 is 25.3 Å². The Labute approximate surface area is 183 Å². The van der Waals surface area contributed by atoms with E-state index in [9.17, 15) is 0 Å². The minimum atomic E-state index is 0. The maximum absolute atomic E-state index is 6.13. The number of ether oxygens (including phenoxy) is 3. The third kappa shape index (κ3) is 5.92. The summed E-state index contributed by atoms with van der Waals surface area (Å²) in [6, 6.07) is 13.4. The lowest BCUT2D eigenvalue weighted by Gasteiger charge is -2.16. The topological polar surface area (TPSA) is 78.1 Å². The molecule has 0 amide bonds. The van der Waals surface area contributed by atoms with E-state index in [2.05, 4.69) is 10.3 Å². The van der Waals surface area contributed by atoms with Gasteiger partial charge in [-0.3, -0.25) is 0 Å². The highest BCUT2D eigenvalue weighted by molar-refractivity contribution is 14.0. The summed E-state index contributed by atoms with van der Waals surface area (Å²) in [6.45, 7) is 0.443. The van der Waals surface area contributed by atoms with Crippen LogP contribution in [-0.2, 0) is 6.54 Å². The van der Waals surface area contributed by atoms with Gasteiger partial charge in [0.05, 0.1) is 32.6 Å². The number of nitrogens with one attached hydrogen (secondary N) is 1. The maximum Gasteiger partial charge on any atom is 0.193 e. The van der Waals surface area contributed by atoms with Crippen LogP contribution in [0.15, 0.2) is 47.5 Å². The molecule has 6 nitrogen and oxygen atoms in total. The summed E-state index contributed by atoms with van der Waals surface area (Å²) in [4.78, 5) is 4.42. The van der Waals surface area contributed by atoms with Crippen LogP contribution in [0, 0.1) is 0 Å². The number of para-hydroxylation sites is 2. The fourth-order valence-corrected chi connectivity index (χ4v) is 3.20. The van der Waals surface area contributed by atoms with Gasteiger partial charge in [-0.25, -0.2) is 4.99 Å². The number of methoxy groups -OCH3 is 2. The third-order valence-electron chi connectivity index (χ3n) is 4.63. The molecule has 2 aromatic carbocycles. The molecule has 0 bridgehead atoms. The largest absolute Gasteiger partial charge is 0.495 e. The Morgan fingerprint density at radius 2 is 1.75 bits per heavy atom. The van der Waals surface area contributed by atoms with Gasteiger partial charge in [-0.15, -0.1) is 24.0 Å². The van der Waals surface area contributed by atoms with Crippen molar-refractivity contribution in [2.75, 3.05) is 19.5 Å². The summed E-state index contributed by atoms with van der Waals surface area (Å²) in [5, 5.41) is 3.07. The summed E-state index contributed by atoms with van der Waals surface area (Å²) in [7, 11) is 3.28. The number of nitrogens with two attached hydrogens (primary N) is 1. The number of rotatable bonds is 7. The van der Waals surface area contributed by atoms with Crippen molar-refractivity contribution in [3.63, 3.8) is 0 Å². The minimum absolute atomic E-state index is 0. The van der Waals surface area contributed by atoms with Crippen LogP contribution in [0.4, 0.5) is 5.69 Å². The van der Waals surface area contributed by atoms with Crippen molar-refractivity contribution in [3.8, 4) is 17.2 Å². The van der Waals surface area contributed by atoms with Crippen molar-refractivity contribution in [2.45, 2.75) is 38.3 Å². The summed E-state index contributed by atoms with van der Waals surface area (Å²) in [5.74, 6) is 2.56. The Hall–Kier alpha value is -2.16. The molecule has 0 aromatic heterocycles. The van der Waals surface area contributed by atoms with Crippen LogP contribution >= 0.6 is 24.0 Å². The van der Waals surface area contributed by atoms with Gasteiger partial charge in [-0.1, -0.05) is 18.2 Å². The van der Waals surface area contributed by atoms with Gasteiger partial charge in [0.25, 0.3) is 0 Å². The van der Waals surface area contributed by atoms with Crippen molar-refractivity contribution in [2.24, 2.45) is 10.7 Å². The Morgan fingerprint density at radius 3 is 2.46 bits per heavy atom. The summed E-state index contributed by atoms with van der Waals surface area (Å²) >= 11 is 0. The van der Waals surface area contributed by atoms with E-state index < -0.39 is 0 Å². The molecule has 152 valence electrons. The van der Waals surface area contributed by atoms with Crippen molar-refractivity contribution in [1.82, 2.24) is 0 Å². The molecule has 0 atom stereocenters. The second-order valence-electron chi connectivity index (χ2n) is 6.54. The summed E-state index contributed by atoms with van der Waals surface area (Å²) in [6.07, 6.45) is 4.92. The molecular weight excluding hydrogens is 469 g/mol. The number of anilines is 1. The standard InChI is InChI=1S/C21H27N3O3.HI/c1-25-18-10-6-5-9-17(18)24-21(22)23-14-15-11-12-19(26-2)20(13-15)27-16-7-3-4-8-16;/h5-6,9-13,16H,3-4,7-8,14H2,1-2H3,(H3,22,23,24);1H. The van der Waals surface area contributed by atoms with Gasteiger partial charge < -0.3 is 25.3 Å². The molecule has 3 N–H and O–H groups in total. The lowest BCUT2D eigenvalue weighted by Crippen LogP contribution is -2.22. The second kappa shape index (κ2) is 11.0. The smallest absolute Gasteiger partial charge is 0.193 e. The average molecular weight is 497 g/mol. The van der Waals surface area contributed by atoms with E-state index in [-0.39, 0.29) is 30.1 Å². The highest BCUT2D eigenvalue weighted by Gasteiger charge is 2.18. The van der Waals surface area contributed by atoms with Crippen molar-refractivity contribution >= 4 is 35.6 Å². The van der Waals surface area contributed by atoms with E-state index in [0.717, 1.165) is 35.6 Å². The highest BCUT2D eigenvalue weighted by Crippen LogP contribution is 2.32. The van der Waals surface area contributed by atoms with E-state index >= 15 is 0 Å². The monoisotopic (exact) mass is 497 g/mol. The number of halogens is 1. The first kappa shape index (κ1) is 22.1. The number of aliphatic imine (C=N–C) groups is 1. The fourth-order valence-electron chi connectivity index (χ4n) is 3.20. The zero-order valence-electron chi connectivity index (χ0n) is 16.3.